The number of benzene rings is 10. The molecule has 298 valence electrons. The third-order valence-electron chi connectivity index (χ3n) is 13.3. The van der Waals surface area contributed by atoms with Crippen LogP contribution >= 0.6 is 0 Å². The monoisotopic (exact) mass is 813 g/mol. The van der Waals surface area contributed by atoms with Gasteiger partial charge in [-0.3, -0.25) is 0 Å². The molecule has 6 heteroatoms. The molecule has 0 atom stereocenters. The first-order valence-electron chi connectivity index (χ1n) is 22.2. The van der Waals surface area contributed by atoms with E-state index in [0.29, 0.717) is 0 Å². The van der Waals surface area contributed by atoms with Crippen LogP contribution in [0.15, 0.2) is 217 Å². The minimum absolute atomic E-state index is 0.892. The number of hydrogen-bond acceptors (Lipinski definition) is 2. The highest BCUT2D eigenvalue weighted by atomic mass is 16.3. The van der Waals surface area contributed by atoms with E-state index in [1.807, 2.05) is 0 Å². The quantitative estimate of drug-likeness (QED) is 0.142. The number of nitrogens with zero attached hydrogens (tertiary/aromatic N) is 1. The van der Waals surface area contributed by atoms with Gasteiger partial charge in [-0.15, -0.1) is 0 Å². The summed E-state index contributed by atoms with van der Waals surface area (Å²) in [5.41, 5.74) is 22.3. The highest BCUT2D eigenvalue weighted by Crippen LogP contribution is 2.42. The van der Waals surface area contributed by atoms with Gasteiger partial charge in [-0.2, -0.15) is 0 Å². The second kappa shape index (κ2) is 16.2. The summed E-state index contributed by atoms with van der Waals surface area (Å²) in [5.74, 6) is 0. The van der Waals surface area contributed by atoms with Crippen molar-refractivity contribution in [3.63, 3.8) is 0 Å². The number of anilines is 3. The largest absolute Gasteiger partial charge is 0.455 e. The van der Waals surface area contributed by atoms with Crippen LogP contribution < -0.4 is 26.8 Å². The third-order valence-corrected chi connectivity index (χ3v) is 13.3. The normalized spacial score (nSPS) is 11.4. The molecule has 0 amide bonds. The lowest BCUT2D eigenvalue weighted by Gasteiger charge is -2.33. The van der Waals surface area contributed by atoms with Gasteiger partial charge in [0.05, 0.1) is 0 Å². The smallest absolute Gasteiger partial charge is 0.143 e. The van der Waals surface area contributed by atoms with Crippen molar-refractivity contribution in [2.75, 3.05) is 4.90 Å². The summed E-state index contributed by atoms with van der Waals surface area (Å²) in [7, 11) is 9.18. The van der Waals surface area contributed by atoms with Crippen molar-refractivity contribution in [3.8, 4) is 55.6 Å². The summed E-state index contributed by atoms with van der Waals surface area (Å²) < 4.78 is 6.65. The Morgan fingerprint density at radius 3 is 1.56 bits per heavy atom. The highest BCUT2D eigenvalue weighted by molar-refractivity contribution is 6.63. The predicted octanol–water partition coefficient (Wildman–Crippen LogP) is 9.58. The van der Waals surface area contributed by atoms with E-state index >= 15 is 0 Å². The summed E-state index contributed by atoms with van der Waals surface area (Å²) in [4.78, 5) is 2.47. The zero-order chi connectivity index (χ0) is 43.3. The first-order chi connectivity index (χ1) is 31.4. The molecule has 0 aliphatic heterocycles. The Morgan fingerprint density at radius 1 is 0.344 bits per heavy atom. The maximum Gasteiger partial charge on any atom is 0.143 e. The first kappa shape index (κ1) is 39.2. The molecule has 0 N–H and O–H groups in total. The fourth-order valence-corrected chi connectivity index (χ4v) is 9.85. The topological polar surface area (TPSA) is 16.4 Å². The van der Waals surface area contributed by atoms with E-state index < -0.39 is 0 Å². The van der Waals surface area contributed by atoms with E-state index in [4.69, 9.17) is 4.42 Å². The van der Waals surface area contributed by atoms with Crippen LogP contribution in [0.2, 0.25) is 0 Å². The summed E-state index contributed by atoms with van der Waals surface area (Å²) in [6.45, 7) is 0. The minimum Gasteiger partial charge on any atom is -0.455 e. The molecule has 0 spiro atoms. The van der Waals surface area contributed by atoms with Crippen LogP contribution in [-0.2, 0) is 0 Å². The van der Waals surface area contributed by atoms with E-state index in [0.717, 1.165) is 49.8 Å². The van der Waals surface area contributed by atoms with E-state index in [1.165, 1.54) is 77.4 Å². The molecule has 0 saturated carbocycles. The molecule has 0 unspecified atom stereocenters. The molecule has 64 heavy (non-hydrogen) atoms. The van der Waals surface area contributed by atoms with Crippen molar-refractivity contribution in [2.24, 2.45) is 0 Å². The molecule has 0 saturated heterocycles. The maximum absolute atomic E-state index is 6.65. The van der Waals surface area contributed by atoms with Crippen LogP contribution in [0.4, 0.5) is 17.1 Å². The van der Waals surface area contributed by atoms with Crippen LogP contribution in [0.3, 0.4) is 0 Å². The zero-order valence-electron chi connectivity index (χ0n) is 36.6. The van der Waals surface area contributed by atoms with E-state index in [9.17, 15) is 0 Å². The SMILES string of the molecule is Bc1c(B)c(N(c2ccc(-c3ccc(-c4ccccc4)cc3)cc2)c2cccc(-c3cccc4oc5c6ccccc6ccc5c34)c2)c(B)c(B)c1-c1cccc(-c2ccccc2)c1. The van der Waals surface area contributed by atoms with Crippen molar-refractivity contribution in [1.29, 1.82) is 0 Å². The van der Waals surface area contributed by atoms with Gasteiger partial charge in [-0.05, 0) is 103 Å². The minimum atomic E-state index is 0.892. The Kier molecular flexibility index (Phi) is 9.93. The zero-order valence-corrected chi connectivity index (χ0v) is 36.6. The van der Waals surface area contributed by atoms with E-state index in [1.54, 1.807) is 0 Å². The molecule has 0 aliphatic carbocycles. The van der Waals surface area contributed by atoms with Gasteiger partial charge in [0.15, 0.2) is 0 Å². The lowest BCUT2D eigenvalue weighted by Crippen LogP contribution is -2.46. The molecule has 10 aromatic carbocycles. The second-order valence-corrected chi connectivity index (χ2v) is 17.0. The predicted molar refractivity (Wildman–Crippen MR) is 286 cm³/mol. The molecule has 11 aromatic rings. The number of rotatable bonds is 8. The fraction of sp³-hybridized carbons (Fsp3) is 0. The molecule has 0 radical (unpaired) electrons. The van der Waals surface area contributed by atoms with Crippen molar-refractivity contribution in [1.82, 2.24) is 0 Å². The molecule has 0 fully saturated rings. The summed E-state index contributed by atoms with van der Waals surface area (Å²) >= 11 is 0. The van der Waals surface area contributed by atoms with Crippen molar-refractivity contribution < 1.29 is 4.42 Å². The van der Waals surface area contributed by atoms with Crippen molar-refractivity contribution in [3.05, 3.63) is 212 Å². The summed E-state index contributed by atoms with van der Waals surface area (Å²) in [5, 5.41) is 4.57. The van der Waals surface area contributed by atoms with Crippen molar-refractivity contribution >= 4 is 103 Å². The average Bonchev–Trinajstić information content (AvgIpc) is 3.75. The van der Waals surface area contributed by atoms with Gasteiger partial charge >= 0.3 is 0 Å². The molecule has 0 bridgehead atoms. The highest BCUT2D eigenvalue weighted by Gasteiger charge is 2.24. The lowest BCUT2D eigenvalue weighted by atomic mass is 9.64. The Hall–Kier alpha value is -7.68. The van der Waals surface area contributed by atoms with Gasteiger partial charge in [0, 0.05) is 33.2 Å². The Bertz CT molecular complexity index is 3500. The van der Waals surface area contributed by atoms with Gasteiger partial charge in [0.2, 0.25) is 0 Å². The second-order valence-electron chi connectivity index (χ2n) is 17.0. The summed E-state index contributed by atoms with van der Waals surface area (Å²) in [6, 6.07) is 76.6. The van der Waals surface area contributed by atoms with Crippen LogP contribution in [0.25, 0.3) is 88.3 Å². The Morgan fingerprint density at radius 2 is 0.875 bits per heavy atom. The van der Waals surface area contributed by atoms with Crippen LogP contribution in [0, 0.1) is 0 Å². The molecule has 2 nitrogen and oxygen atoms in total. The van der Waals surface area contributed by atoms with Gasteiger partial charge in [-0.25, -0.2) is 0 Å². The van der Waals surface area contributed by atoms with Crippen LogP contribution in [0.1, 0.15) is 0 Å². The molecular formula is C58H43B4NO. The van der Waals surface area contributed by atoms with Gasteiger partial charge in [0.25, 0.3) is 0 Å². The van der Waals surface area contributed by atoms with Crippen molar-refractivity contribution in [2.45, 2.75) is 0 Å². The van der Waals surface area contributed by atoms with E-state index in [-0.39, 0.29) is 0 Å². The number of furan rings is 1. The molecule has 0 aliphatic rings. The maximum atomic E-state index is 6.65. The third kappa shape index (κ3) is 6.83. The molecular weight excluding hydrogens is 770 g/mol. The van der Waals surface area contributed by atoms with Gasteiger partial charge < -0.3 is 9.32 Å². The molecule has 11 rings (SSSR count). The van der Waals surface area contributed by atoms with Gasteiger partial charge in [0.1, 0.15) is 42.6 Å². The van der Waals surface area contributed by atoms with E-state index in [2.05, 4.69) is 249 Å². The Balaban J connectivity index is 1.06. The molecule has 1 heterocycles. The first-order valence-corrected chi connectivity index (χ1v) is 22.2. The summed E-state index contributed by atoms with van der Waals surface area (Å²) in [6.07, 6.45) is 0. The standard InChI is InChI=1S/C58H43B4NO/c59-53-51(44-19-9-17-42(34-44)37-14-5-2-6-15-37)54(60)56(62)57(55(53)61)63(45-31-28-40(29-32-45)39-26-24-38(25-27-39)36-12-3-1-4-13-36)46-20-10-18-43(35-46)47-22-11-23-50-52(47)49-33-30-41-16-7-8-21-48(41)58(49)64-50/h1-35H,59-62H2. The van der Waals surface area contributed by atoms with Gasteiger partial charge in [-0.1, -0.05) is 192 Å². The number of fused-ring (bicyclic) bond motifs is 5. The Labute approximate surface area is 378 Å². The molecule has 1 aromatic heterocycles. The van der Waals surface area contributed by atoms with Crippen LogP contribution in [0.5, 0.6) is 0 Å². The number of hydrogen-bond donors (Lipinski definition) is 0. The lowest BCUT2D eigenvalue weighted by molar-refractivity contribution is 0.673. The van der Waals surface area contributed by atoms with Crippen LogP contribution in [-0.4, -0.2) is 31.4 Å². The average molecular weight is 813 g/mol. The fourth-order valence-electron chi connectivity index (χ4n) is 9.85.